The summed E-state index contributed by atoms with van der Waals surface area (Å²) in [6.45, 7) is 3.07. The van der Waals surface area contributed by atoms with Gasteiger partial charge < -0.3 is 25.6 Å². The summed E-state index contributed by atoms with van der Waals surface area (Å²) in [5.74, 6) is 1.38. The van der Waals surface area contributed by atoms with Crippen LogP contribution in [0.25, 0.3) is 0 Å². The van der Waals surface area contributed by atoms with E-state index in [0.29, 0.717) is 24.7 Å². The van der Waals surface area contributed by atoms with Gasteiger partial charge in [-0.15, -0.1) is 0 Å². The molecule has 1 unspecified atom stereocenters. The van der Waals surface area contributed by atoms with E-state index in [1.54, 1.807) is 38.4 Å². The summed E-state index contributed by atoms with van der Waals surface area (Å²) in [5, 5.41) is 9.63. The lowest BCUT2D eigenvalue weighted by atomic mass is 10.2. The summed E-state index contributed by atoms with van der Waals surface area (Å²) in [5.41, 5.74) is 1.86. The van der Waals surface area contributed by atoms with Gasteiger partial charge >= 0.3 is 0 Å². The highest BCUT2D eigenvalue weighted by molar-refractivity contribution is 5.94. The van der Waals surface area contributed by atoms with Gasteiger partial charge in [-0.05, 0) is 42.8 Å². The molecule has 1 aliphatic rings. The minimum absolute atomic E-state index is 0.105. The van der Waals surface area contributed by atoms with E-state index >= 15 is 0 Å². The molecular formula is C22H29N5O2. The van der Waals surface area contributed by atoms with Crippen LogP contribution < -0.4 is 25.6 Å². The molecule has 1 amide bonds. The van der Waals surface area contributed by atoms with E-state index in [1.165, 1.54) is 5.69 Å². The van der Waals surface area contributed by atoms with E-state index in [2.05, 4.69) is 50.1 Å². The first-order valence-corrected chi connectivity index (χ1v) is 9.89. The van der Waals surface area contributed by atoms with E-state index in [-0.39, 0.29) is 5.91 Å². The first-order valence-electron chi connectivity index (χ1n) is 9.89. The molecule has 0 saturated carbocycles. The van der Waals surface area contributed by atoms with Crippen molar-refractivity contribution in [3.05, 3.63) is 60.2 Å². The van der Waals surface area contributed by atoms with E-state index in [0.717, 1.165) is 31.2 Å². The zero-order valence-corrected chi connectivity index (χ0v) is 17.0. The Morgan fingerprint density at radius 2 is 1.83 bits per heavy atom. The zero-order chi connectivity index (χ0) is 20.5. The Kier molecular flexibility index (Phi) is 7.33. The fourth-order valence-electron chi connectivity index (χ4n) is 3.34. The molecule has 1 saturated heterocycles. The molecular weight excluding hydrogens is 366 g/mol. The van der Waals surface area contributed by atoms with E-state index in [9.17, 15) is 4.79 Å². The van der Waals surface area contributed by atoms with E-state index in [4.69, 9.17) is 4.74 Å². The second-order valence-electron chi connectivity index (χ2n) is 6.89. The number of carbonyl (C=O) groups excluding carboxylic acids is 1. The Hall–Kier alpha value is -3.22. The summed E-state index contributed by atoms with van der Waals surface area (Å²) < 4.78 is 5.11. The average Bonchev–Trinajstić information content (AvgIpc) is 3.25. The highest BCUT2D eigenvalue weighted by Gasteiger charge is 2.23. The number of aliphatic imine (C=N–C) groups is 1. The topological polar surface area (TPSA) is 78.0 Å². The Balaban J connectivity index is 1.38. The number of methoxy groups -OCH3 is 1. The molecule has 2 aromatic carbocycles. The maximum Gasteiger partial charge on any atom is 0.251 e. The molecule has 1 fully saturated rings. The Labute approximate surface area is 172 Å². The van der Waals surface area contributed by atoms with Gasteiger partial charge in [-0.2, -0.15) is 0 Å². The molecule has 2 aromatic rings. The molecule has 7 heteroatoms. The molecule has 1 aliphatic heterocycles. The number of ether oxygens (including phenoxy) is 1. The maximum atomic E-state index is 12.2. The first kappa shape index (κ1) is 20.5. The number of nitrogens with one attached hydrogen (secondary N) is 3. The van der Waals surface area contributed by atoms with Crippen LogP contribution in [0, 0.1) is 0 Å². The van der Waals surface area contributed by atoms with Gasteiger partial charge in [-0.1, -0.05) is 18.2 Å². The second-order valence-corrected chi connectivity index (χ2v) is 6.89. The number of para-hydroxylation sites is 1. The summed E-state index contributed by atoms with van der Waals surface area (Å²) in [4.78, 5) is 18.8. The van der Waals surface area contributed by atoms with Gasteiger partial charge in [0.15, 0.2) is 5.96 Å². The van der Waals surface area contributed by atoms with Crippen LogP contribution in [0.4, 0.5) is 5.69 Å². The number of rotatable bonds is 7. The normalized spacial score (nSPS) is 16.4. The van der Waals surface area contributed by atoms with Crippen molar-refractivity contribution in [2.75, 3.05) is 45.2 Å². The van der Waals surface area contributed by atoms with E-state index < -0.39 is 0 Å². The molecule has 7 nitrogen and oxygen atoms in total. The van der Waals surface area contributed by atoms with Crippen LogP contribution in [0.2, 0.25) is 0 Å². The van der Waals surface area contributed by atoms with Crippen molar-refractivity contribution in [1.82, 2.24) is 16.0 Å². The van der Waals surface area contributed by atoms with Crippen LogP contribution in [0.15, 0.2) is 59.6 Å². The quantitative estimate of drug-likeness (QED) is 0.379. The fraction of sp³-hybridized carbons (Fsp3) is 0.364. The van der Waals surface area contributed by atoms with Crippen molar-refractivity contribution in [1.29, 1.82) is 0 Å². The van der Waals surface area contributed by atoms with Crippen LogP contribution in [0.1, 0.15) is 16.8 Å². The van der Waals surface area contributed by atoms with Crippen LogP contribution in [-0.2, 0) is 0 Å². The fourth-order valence-corrected chi connectivity index (χ4v) is 3.34. The lowest BCUT2D eigenvalue weighted by Crippen LogP contribution is -2.46. The molecule has 0 aliphatic carbocycles. The lowest BCUT2D eigenvalue weighted by molar-refractivity contribution is 0.0954. The molecule has 1 heterocycles. The number of carbonyl (C=O) groups is 1. The second kappa shape index (κ2) is 10.4. The number of benzene rings is 2. The average molecular weight is 396 g/mol. The van der Waals surface area contributed by atoms with Crippen molar-refractivity contribution in [3.8, 4) is 5.75 Å². The SMILES string of the molecule is CN=C(NCCNC(=O)c1ccc(OC)cc1)NC1CCN(c2ccccc2)C1. The van der Waals surface area contributed by atoms with Crippen molar-refractivity contribution < 1.29 is 9.53 Å². The van der Waals surface area contributed by atoms with Crippen LogP contribution in [0.5, 0.6) is 5.75 Å². The molecule has 3 rings (SSSR count). The van der Waals surface area contributed by atoms with Crippen molar-refractivity contribution in [2.24, 2.45) is 4.99 Å². The highest BCUT2D eigenvalue weighted by Crippen LogP contribution is 2.19. The van der Waals surface area contributed by atoms with Gasteiger partial charge in [-0.25, -0.2) is 0 Å². The van der Waals surface area contributed by atoms with Gasteiger partial charge in [0.2, 0.25) is 0 Å². The first-order chi connectivity index (χ1) is 14.2. The number of amides is 1. The summed E-state index contributed by atoms with van der Waals surface area (Å²) in [7, 11) is 3.36. The predicted octanol–water partition coefficient (Wildman–Crippen LogP) is 1.87. The molecule has 1 atom stereocenters. The number of guanidine groups is 1. The minimum Gasteiger partial charge on any atom is -0.497 e. The maximum absolute atomic E-state index is 12.2. The third-order valence-electron chi connectivity index (χ3n) is 4.93. The standard InChI is InChI=1S/C22H29N5O2/c1-23-22(26-18-12-15-27(16-18)19-6-4-3-5-7-19)25-14-13-24-21(28)17-8-10-20(29-2)11-9-17/h3-11,18H,12-16H2,1-2H3,(H,24,28)(H2,23,25,26). The van der Waals surface area contributed by atoms with Gasteiger partial charge in [0, 0.05) is 50.5 Å². The molecule has 154 valence electrons. The third-order valence-corrected chi connectivity index (χ3v) is 4.93. The van der Waals surface area contributed by atoms with Crippen LogP contribution >= 0.6 is 0 Å². The summed E-state index contributed by atoms with van der Waals surface area (Å²) >= 11 is 0. The van der Waals surface area contributed by atoms with Gasteiger partial charge in [0.25, 0.3) is 5.91 Å². The largest absolute Gasteiger partial charge is 0.497 e. The third kappa shape index (κ3) is 5.88. The summed E-state index contributed by atoms with van der Waals surface area (Å²) in [6, 6.07) is 17.8. The molecule has 0 aromatic heterocycles. The number of anilines is 1. The molecule has 3 N–H and O–H groups in total. The monoisotopic (exact) mass is 395 g/mol. The molecule has 29 heavy (non-hydrogen) atoms. The van der Waals surface area contributed by atoms with Crippen LogP contribution in [-0.4, -0.2) is 58.2 Å². The Morgan fingerprint density at radius 3 is 2.52 bits per heavy atom. The van der Waals surface area contributed by atoms with E-state index in [1.807, 2.05) is 6.07 Å². The minimum atomic E-state index is -0.105. The van der Waals surface area contributed by atoms with Gasteiger partial charge in [0.05, 0.1) is 7.11 Å². The Morgan fingerprint density at radius 1 is 1.10 bits per heavy atom. The molecule has 0 radical (unpaired) electrons. The zero-order valence-electron chi connectivity index (χ0n) is 17.0. The predicted molar refractivity (Wildman–Crippen MR) is 117 cm³/mol. The number of hydrogen-bond acceptors (Lipinski definition) is 4. The van der Waals surface area contributed by atoms with Gasteiger partial charge in [0.1, 0.15) is 5.75 Å². The molecule has 0 bridgehead atoms. The smallest absolute Gasteiger partial charge is 0.251 e. The van der Waals surface area contributed by atoms with Gasteiger partial charge in [-0.3, -0.25) is 9.79 Å². The number of nitrogens with zero attached hydrogens (tertiary/aromatic N) is 2. The lowest BCUT2D eigenvalue weighted by Gasteiger charge is -2.20. The number of hydrogen-bond donors (Lipinski definition) is 3. The van der Waals surface area contributed by atoms with Crippen molar-refractivity contribution in [3.63, 3.8) is 0 Å². The summed E-state index contributed by atoms with van der Waals surface area (Å²) in [6.07, 6.45) is 1.06. The molecule has 0 spiro atoms. The van der Waals surface area contributed by atoms with Crippen molar-refractivity contribution in [2.45, 2.75) is 12.5 Å². The Bertz CT molecular complexity index is 808. The van der Waals surface area contributed by atoms with Crippen molar-refractivity contribution >= 4 is 17.6 Å². The highest BCUT2D eigenvalue weighted by atomic mass is 16.5. The van der Waals surface area contributed by atoms with Crippen LogP contribution in [0.3, 0.4) is 0 Å².